The van der Waals surface area contributed by atoms with Crippen molar-refractivity contribution in [2.24, 2.45) is 0 Å². The average molecular weight is 937 g/mol. The summed E-state index contributed by atoms with van der Waals surface area (Å²) in [6.45, 7) is -3.57. The summed E-state index contributed by atoms with van der Waals surface area (Å²) in [5, 5.41) is 95.9. The van der Waals surface area contributed by atoms with Crippen LogP contribution in [-0.2, 0) is 19.6 Å². The first-order valence-corrected chi connectivity index (χ1v) is 16.8. The molecular weight excluding hydrogens is 892 g/mol. The fourth-order valence-electron chi connectivity index (χ4n) is 5.29. The molecule has 0 fully saturated rings. The number of nitrogens with one attached hydrogen (secondary N) is 3. The number of aromatic nitrogens is 3. The zero-order chi connectivity index (χ0) is 40.8. The Kier molecular flexibility index (Phi) is 19.7. The monoisotopic (exact) mass is 937 g/mol. The number of aliphatic hydroxyl groups excluding tert-OH is 6. The molecule has 22 nitrogen and oxygen atoms in total. The third-order valence-corrected chi connectivity index (χ3v) is 8.09. The van der Waals surface area contributed by atoms with Crippen molar-refractivity contribution in [2.45, 2.75) is 37.9 Å². The van der Waals surface area contributed by atoms with E-state index in [1.807, 2.05) is 0 Å². The molecule has 3 unspecified atom stereocenters. The smallest absolute Gasteiger partial charge is 0.503 e. The van der Waals surface area contributed by atoms with E-state index in [0.29, 0.717) is 0 Å². The molecule has 0 aliphatic heterocycles. The molecule has 1 radical (unpaired) electrons. The number of carbonyl (C=O) groups is 3. The van der Waals surface area contributed by atoms with Gasteiger partial charge >= 0.3 is 39.9 Å². The van der Waals surface area contributed by atoms with Gasteiger partial charge in [-0.05, 0) is 0 Å². The number of amides is 3. The number of aromatic hydroxyl groups is 3. The van der Waals surface area contributed by atoms with E-state index in [0.717, 1.165) is 50.5 Å². The molecule has 307 valence electrons. The molecule has 56 heavy (non-hydrogen) atoms. The van der Waals surface area contributed by atoms with Crippen molar-refractivity contribution in [3.05, 3.63) is 84.5 Å². The van der Waals surface area contributed by atoms with Crippen molar-refractivity contribution >= 4 is 17.7 Å². The average Bonchev–Trinajstić information content (AvgIpc) is 3.15. The summed E-state index contributed by atoms with van der Waals surface area (Å²) in [5.41, 5.74) is -4.12. The zero-order valence-electron chi connectivity index (χ0n) is 29.8. The van der Waals surface area contributed by atoms with Gasteiger partial charge < -0.3 is 75.6 Å². The van der Waals surface area contributed by atoms with Gasteiger partial charge in [0.2, 0.25) is 16.3 Å². The van der Waals surface area contributed by atoms with Gasteiger partial charge in [-0.25, -0.2) is 0 Å². The van der Waals surface area contributed by atoms with Gasteiger partial charge in [0.15, 0.2) is 34.3 Å². The molecule has 3 aromatic heterocycles. The summed E-state index contributed by atoms with van der Waals surface area (Å²) < 4.78 is 3.23. The van der Waals surface area contributed by atoms with Gasteiger partial charge in [-0.15, -0.1) is 0 Å². The Labute approximate surface area is 349 Å². The van der Waals surface area contributed by atoms with E-state index in [1.54, 1.807) is 4.90 Å². The van der Waals surface area contributed by atoms with Crippen molar-refractivity contribution in [2.75, 3.05) is 59.1 Å². The predicted molar refractivity (Wildman–Crippen MR) is 190 cm³/mol. The first kappa shape index (κ1) is 47.9. The molecule has 3 amide bonds. The van der Waals surface area contributed by atoms with Crippen LogP contribution < -0.4 is 32.2 Å². The minimum absolute atomic E-state index is 0. The SMILES string of the molecule is O=C(NCCN(CCNC(=O)c1c(O)c(=O)ccn1CC(O)CO)CCNC(=O)c1c(O)c(=O)ccn1CC(O)CO)c1c(O)c(=O)ccn1CC(O)CO.[Gd+3]. The Morgan fingerprint density at radius 3 is 1.02 bits per heavy atom. The summed E-state index contributed by atoms with van der Waals surface area (Å²) in [4.78, 5) is 77.2. The molecule has 0 aliphatic carbocycles. The van der Waals surface area contributed by atoms with Crippen LogP contribution in [0.15, 0.2) is 51.2 Å². The minimum Gasteiger partial charge on any atom is -0.503 e. The Morgan fingerprint density at radius 2 is 0.786 bits per heavy atom. The summed E-state index contributed by atoms with van der Waals surface area (Å²) >= 11 is 0. The number of carbonyl (C=O) groups excluding carboxylic acids is 3. The predicted octanol–water partition coefficient (Wildman–Crippen LogP) is -5.76. The van der Waals surface area contributed by atoms with Crippen LogP contribution in [0.5, 0.6) is 17.2 Å². The first-order valence-electron chi connectivity index (χ1n) is 16.8. The molecule has 23 heteroatoms. The minimum atomic E-state index is -1.33. The van der Waals surface area contributed by atoms with Crippen LogP contribution >= 0.6 is 0 Å². The van der Waals surface area contributed by atoms with Crippen LogP contribution in [0.4, 0.5) is 0 Å². The molecule has 3 rings (SSSR count). The Hall–Kier alpha value is -4.30. The maximum atomic E-state index is 13.1. The van der Waals surface area contributed by atoms with Gasteiger partial charge in [0.05, 0.1) is 57.8 Å². The van der Waals surface area contributed by atoms with Crippen molar-refractivity contribution < 1.29 is 100 Å². The fraction of sp³-hybridized carbons (Fsp3) is 0.455. The second-order valence-electron chi connectivity index (χ2n) is 12.2. The van der Waals surface area contributed by atoms with Crippen LogP contribution in [0.2, 0.25) is 0 Å². The van der Waals surface area contributed by atoms with Gasteiger partial charge in [-0.3, -0.25) is 33.7 Å². The maximum Gasteiger partial charge on any atom is 3.00 e. The van der Waals surface area contributed by atoms with E-state index in [-0.39, 0.29) is 98.8 Å². The van der Waals surface area contributed by atoms with E-state index < -0.39 is 106 Å². The van der Waals surface area contributed by atoms with E-state index in [2.05, 4.69) is 16.0 Å². The molecule has 3 atom stereocenters. The van der Waals surface area contributed by atoms with Crippen molar-refractivity contribution in [3.63, 3.8) is 0 Å². The van der Waals surface area contributed by atoms with Crippen LogP contribution in [-0.4, -0.2) is 160 Å². The van der Waals surface area contributed by atoms with E-state index in [4.69, 9.17) is 0 Å². The molecule has 3 heterocycles. The van der Waals surface area contributed by atoms with Gasteiger partial charge in [0.1, 0.15) is 0 Å². The van der Waals surface area contributed by atoms with Crippen LogP contribution in [0.1, 0.15) is 31.5 Å². The summed E-state index contributed by atoms with van der Waals surface area (Å²) in [7, 11) is 0. The van der Waals surface area contributed by atoms with Gasteiger partial charge in [-0.2, -0.15) is 0 Å². The quantitative estimate of drug-likeness (QED) is 0.0474. The number of aliphatic hydroxyl groups is 6. The molecule has 0 saturated heterocycles. The van der Waals surface area contributed by atoms with Crippen LogP contribution in [0.25, 0.3) is 0 Å². The molecule has 0 aliphatic rings. The molecule has 12 N–H and O–H groups in total. The van der Waals surface area contributed by atoms with Gasteiger partial charge in [0, 0.05) is 76.1 Å². The van der Waals surface area contributed by atoms with Crippen molar-refractivity contribution in [3.8, 4) is 17.2 Å². The summed E-state index contributed by atoms with van der Waals surface area (Å²) in [6, 6.07) is 2.90. The Balaban J connectivity index is 0.0000108. The zero-order valence-corrected chi connectivity index (χ0v) is 32.1. The van der Waals surface area contributed by atoms with Crippen molar-refractivity contribution in [1.29, 1.82) is 0 Å². The Morgan fingerprint density at radius 1 is 0.536 bits per heavy atom. The van der Waals surface area contributed by atoms with Gasteiger partial charge in [-0.1, -0.05) is 0 Å². The van der Waals surface area contributed by atoms with Gasteiger partial charge in [0.25, 0.3) is 17.7 Å². The van der Waals surface area contributed by atoms with E-state index >= 15 is 0 Å². The van der Waals surface area contributed by atoms with E-state index in [1.165, 1.54) is 0 Å². The first-order chi connectivity index (χ1) is 26.1. The standard InChI is InChI=1S/C33H45N7O15.Gd/c41-16-19(44)13-38-7-1-22(47)28(50)25(38)31(53)34-4-10-37(11-5-35-32(54)26-29(51)23(48)2-8-39(26)14-20(45)17-42)12-6-36-33(55)27-30(52)24(49)3-9-40(27)15-21(46)18-43;/h1-3,7-9,19-21,41-46,50-52H,4-6,10-18H2,(H,34,53)(H,35,54)(H,36,55);/q;+3. The molecule has 0 spiro atoms. The molecule has 0 aromatic carbocycles. The topological polar surface area (TPSA) is 339 Å². The van der Waals surface area contributed by atoms with E-state index in [9.17, 15) is 74.7 Å². The Bertz CT molecular complexity index is 1760. The molecular formula is C33H45GdN7O15+3. The summed E-state index contributed by atoms with van der Waals surface area (Å²) in [6.07, 6.45) is -0.527. The second-order valence-corrected chi connectivity index (χ2v) is 12.2. The van der Waals surface area contributed by atoms with Crippen LogP contribution in [0, 0.1) is 39.9 Å². The third-order valence-electron chi connectivity index (χ3n) is 8.09. The second kappa shape index (κ2) is 23.1. The number of hydrogen-bond donors (Lipinski definition) is 12. The maximum absolute atomic E-state index is 13.1. The van der Waals surface area contributed by atoms with Crippen LogP contribution in [0.3, 0.4) is 0 Å². The number of pyridine rings is 3. The normalized spacial score (nSPS) is 12.7. The number of nitrogens with zero attached hydrogens (tertiary/aromatic N) is 4. The summed E-state index contributed by atoms with van der Waals surface area (Å²) in [5.74, 6) is -5.49. The number of rotatable bonds is 21. The third kappa shape index (κ3) is 13.1. The fourth-order valence-corrected chi connectivity index (χ4v) is 5.29. The molecule has 3 aromatic rings. The van der Waals surface area contributed by atoms with Crippen molar-refractivity contribution in [1.82, 2.24) is 34.6 Å². The number of hydrogen-bond acceptors (Lipinski definition) is 16. The molecule has 0 bridgehead atoms. The molecule has 0 saturated carbocycles. The largest absolute Gasteiger partial charge is 3.00 e.